The van der Waals surface area contributed by atoms with Gasteiger partial charge in [0.15, 0.2) is 17.0 Å². The molecule has 0 aliphatic carbocycles. The number of nitrogens with zero attached hydrogens (tertiary/aromatic N) is 3. The van der Waals surface area contributed by atoms with Gasteiger partial charge in [-0.3, -0.25) is 9.59 Å². The molecule has 4 rings (SSSR count). The summed E-state index contributed by atoms with van der Waals surface area (Å²) in [5.74, 6) is -1.54. The maximum absolute atomic E-state index is 13.7. The first-order chi connectivity index (χ1) is 15.6. The van der Waals surface area contributed by atoms with Crippen molar-refractivity contribution in [1.82, 2.24) is 14.6 Å². The fraction of sp³-hybridized carbons (Fsp3) is 0.0909. The summed E-state index contributed by atoms with van der Waals surface area (Å²) < 4.78 is 54.8. The standard InChI is InChI=1S/C22H15F4N5O2/c1-12(32)27-15-6-8-16(9-7-15)28-21(33)18-11-20-29-17(13-2-4-14(23)5-3-13)10-19(22(24,25)26)31(20)30-18/h2-11H,1H3,(H,27,32)(H,28,33). The van der Waals surface area contributed by atoms with Crippen LogP contribution in [0, 0.1) is 5.82 Å². The summed E-state index contributed by atoms with van der Waals surface area (Å²) in [5.41, 5.74) is -0.523. The first kappa shape index (κ1) is 21.9. The van der Waals surface area contributed by atoms with Crippen molar-refractivity contribution in [1.29, 1.82) is 0 Å². The first-order valence-electron chi connectivity index (χ1n) is 9.53. The molecule has 0 radical (unpaired) electrons. The summed E-state index contributed by atoms with van der Waals surface area (Å²) in [6.45, 7) is 1.35. The lowest BCUT2D eigenvalue weighted by Crippen LogP contribution is -2.15. The van der Waals surface area contributed by atoms with Gasteiger partial charge in [-0.15, -0.1) is 0 Å². The number of alkyl halides is 3. The largest absolute Gasteiger partial charge is 0.433 e. The van der Waals surface area contributed by atoms with Crippen molar-refractivity contribution in [3.05, 3.63) is 77.9 Å². The Labute approximate surface area is 184 Å². The zero-order chi connectivity index (χ0) is 23.8. The molecule has 0 bridgehead atoms. The molecular weight excluding hydrogens is 442 g/mol. The Balaban J connectivity index is 1.68. The molecule has 2 N–H and O–H groups in total. The van der Waals surface area contributed by atoms with Gasteiger partial charge in [0.2, 0.25) is 5.91 Å². The molecule has 0 aliphatic rings. The van der Waals surface area contributed by atoms with Crippen LogP contribution in [0.25, 0.3) is 16.9 Å². The van der Waals surface area contributed by atoms with Gasteiger partial charge in [-0.05, 0) is 54.6 Å². The number of amides is 2. The number of halogens is 4. The van der Waals surface area contributed by atoms with Crippen molar-refractivity contribution in [2.45, 2.75) is 13.1 Å². The second kappa shape index (κ2) is 8.34. The first-order valence-corrected chi connectivity index (χ1v) is 9.53. The van der Waals surface area contributed by atoms with Gasteiger partial charge < -0.3 is 10.6 Å². The minimum Gasteiger partial charge on any atom is -0.326 e. The second-order valence-corrected chi connectivity index (χ2v) is 7.04. The van der Waals surface area contributed by atoms with Gasteiger partial charge in [0.25, 0.3) is 5.91 Å². The Morgan fingerprint density at radius 3 is 2.09 bits per heavy atom. The Hall–Kier alpha value is -4.28. The number of benzene rings is 2. The van der Waals surface area contributed by atoms with Gasteiger partial charge in [-0.2, -0.15) is 18.3 Å². The topological polar surface area (TPSA) is 88.4 Å². The van der Waals surface area contributed by atoms with Gasteiger partial charge in [0.1, 0.15) is 5.82 Å². The Kier molecular flexibility index (Phi) is 5.54. The zero-order valence-corrected chi connectivity index (χ0v) is 16.9. The van der Waals surface area contributed by atoms with Crippen molar-refractivity contribution >= 4 is 28.8 Å². The van der Waals surface area contributed by atoms with Crippen LogP contribution in [0.2, 0.25) is 0 Å². The van der Waals surface area contributed by atoms with E-state index in [1.54, 1.807) is 12.1 Å². The number of hydrogen-bond acceptors (Lipinski definition) is 4. The van der Waals surface area contributed by atoms with Crippen LogP contribution in [0.15, 0.2) is 60.7 Å². The molecule has 0 atom stereocenters. The van der Waals surface area contributed by atoms with Crippen LogP contribution in [0.5, 0.6) is 0 Å². The predicted octanol–water partition coefficient (Wildman–Crippen LogP) is 4.76. The lowest BCUT2D eigenvalue weighted by atomic mass is 10.1. The van der Waals surface area contributed by atoms with E-state index in [-0.39, 0.29) is 28.5 Å². The van der Waals surface area contributed by atoms with E-state index in [2.05, 4.69) is 20.7 Å². The number of aromatic nitrogens is 3. The number of carbonyl (C=O) groups is 2. The second-order valence-electron chi connectivity index (χ2n) is 7.04. The highest BCUT2D eigenvalue weighted by molar-refractivity contribution is 6.03. The highest BCUT2D eigenvalue weighted by Crippen LogP contribution is 2.32. The molecule has 2 amide bonds. The van der Waals surface area contributed by atoms with Crippen molar-refractivity contribution in [3.63, 3.8) is 0 Å². The number of nitrogens with one attached hydrogen (secondary N) is 2. The van der Waals surface area contributed by atoms with Crippen molar-refractivity contribution in [3.8, 4) is 11.3 Å². The Morgan fingerprint density at radius 2 is 1.52 bits per heavy atom. The van der Waals surface area contributed by atoms with E-state index in [9.17, 15) is 27.2 Å². The monoisotopic (exact) mass is 457 g/mol. The summed E-state index contributed by atoms with van der Waals surface area (Å²) >= 11 is 0. The number of anilines is 2. The number of carbonyl (C=O) groups excluding carboxylic acids is 2. The third-order valence-corrected chi connectivity index (χ3v) is 4.55. The van der Waals surface area contributed by atoms with Crippen LogP contribution in [0.4, 0.5) is 28.9 Å². The number of fused-ring (bicyclic) bond motifs is 1. The lowest BCUT2D eigenvalue weighted by Gasteiger charge is -2.11. The summed E-state index contributed by atoms with van der Waals surface area (Å²) in [4.78, 5) is 27.8. The quantitative estimate of drug-likeness (QED) is 0.433. The van der Waals surface area contributed by atoms with E-state index < -0.39 is 23.6 Å². The van der Waals surface area contributed by atoms with E-state index in [1.165, 1.54) is 31.2 Å². The molecule has 168 valence electrons. The lowest BCUT2D eigenvalue weighted by molar-refractivity contribution is -0.142. The van der Waals surface area contributed by atoms with E-state index in [0.717, 1.165) is 24.3 Å². The van der Waals surface area contributed by atoms with Crippen LogP contribution in [-0.4, -0.2) is 26.4 Å². The highest BCUT2D eigenvalue weighted by atomic mass is 19.4. The summed E-state index contributed by atoms with van der Waals surface area (Å²) in [6.07, 6.45) is -4.78. The van der Waals surface area contributed by atoms with E-state index in [0.29, 0.717) is 15.9 Å². The fourth-order valence-corrected chi connectivity index (χ4v) is 3.09. The molecule has 4 aromatic rings. The smallest absolute Gasteiger partial charge is 0.326 e. The van der Waals surface area contributed by atoms with Crippen LogP contribution in [-0.2, 0) is 11.0 Å². The number of rotatable bonds is 4. The fourth-order valence-electron chi connectivity index (χ4n) is 3.09. The predicted molar refractivity (Wildman–Crippen MR) is 112 cm³/mol. The third kappa shape index (κ3) is 4.81. The third-order valence-electron chi connectivity index (χ3n) is 4.55. The molecule has 0 saturated carbocycles. The van der Waals surface area contributed by atoms with Gasteiger partial charge >= 0.3 is 6.18 Å². The molecule has 2 aromatic heterocycles. The maximum atomic E-state index is 13.7. The molecular formula is C22H15F4N5O2. The normalized spacial score (nSPS) is 11.4. The molecule has 0 spiro atoms. The van der Waals surface area contributed by atoms with Crippen molar-refractivity contribution in [2.24, 2.45) is 0 Å². The molecule has 33 heavy (non-hydrogen) atoms. The molecule has 11 heteroatoms. The molecule has 2 heterocycles. The molecule has 0 saturated heterocycles. The molecule has 7 nitrogen and oxygen atoms in total. The van der Waals surface area contributed by atoms with Gasteiger partial charge in [-0.25, -0.2) is 13.9 Å². The summed E-state index contributed by atoms with van der Waals surface area (Å²) in [6, 6.07) is 12.9. The number of hydrogen-bond donors (Lipinski definition) is 2. The molecule has 0 fully saturated rings. The van der Waals surface area contributed by atoms with Crippen LogP contribution in [0.3, 0.4) is 0 Å². The molecule has 2 aromatic carbocycles. The SMILES string of the molecule is CC(=O)Nc1ccc(NC(=O)c2cc3nc(-c4ccc(F)cc4)cc(C(F)(F)F)n3n2)cc1. The van der Waals surface area contributed by atoms with Gasteiger partial charge in [-0.1, -0.05) is 0 Å². The van der Waals surface area contributed by atoms with Crippen LogP contribution < -0.4 is 10.6 Å². The Bertz CT molecular complexity index is 1350. The van der Waals surface area contributed by atoms with Crippen LogP contribution in [0.1, 0.15) is 23.1 Å². The minimum atomic E-state index is -4.78. The summed E-state index contributed by atoms with van der Waals surface area (Å²) in [5, 5.41) is 8.89. The van der Waals surface area contributed by atoms with Crippen molar-refractivity contribution in [2.75, 3.05) is 10.6 Å². The van der Waals surface area contributed by atoms with Crippen LogP contribution >= 0.6 is 0 Å². The highest BCUT2D eigenvalue weighted by Gasteiger charge is 2.35. The van der Waals surface area contributed by atoms with E-state index in [4.69, 9.17) is 0 Å². The van der Waals surface area contributed by atoms with Crippen molar-refractivity contribution < 1.29 is 27.2 Å². The average molecular weight is 457 g/mol. The summed E-state index contributed by atoms with van der Waals surface area (Å²) in [7, 11) is 0. The minimum absolute atomic E-state index is 0.0461. The zero-order valence-electron chi connectivity index (χ0n) is 16.9. The van der Waals surface area contributed by atoms with E-state index >= 15 is 0 Å². The van der Waals surface area contributed by atoms with Gasteiger partial charge in [0.05, 0.1) is 5.69 Å². The molecule has 0 unspecified atom stereocenters. The average Bonchev–Trinajstić information content (AvgIpc) is 3.18. The maximum Gasteiger partial charge on any atom is 0.433 e. The van der Waals surface area contributed by atoms with Gasteiger partial charge in [0, 0.05) is 29.9 Å². The van der Waals surface area contributed by atoms with E-state index in [1.807, 2.05) is 0 Å². The molecule has 0 aliphatic heterocycles. The Morgan fingerprint density at radius 1 is 0.909 bits per heavy atom.